The van der Waals surface area contributed by atoms with Crippen LogP contribution >= 0.6 is 0 Å². The van der Waals surface area contributed by atoms with E-state index in [1.165, 1.54) is 19.3 Å². The highest BCUT2D eigenvalue weighted by Crippen LogP contribution is 2.60. The van der Waals surface area contributed by atoms with Gasteiger partial charge in [-0.15, -0.1) is 0 Å². The molecule has 24 heavy (non-hydrogen) atoms. The molecule has 1 aromatic heterocycles. The Kier molecular flexibility index (Phi) is 3.09. The van der Waals surface area contributed by atoms with Gasteiger partial charge in [0.1, 0.15) is 0 Å². The van der Waals surface area contributed by atoms with Crippen LogP contribution in [0.15, 0.2) is 36.5 Å². The van der Waals surface area contributed by atoms with Gasteiger partial charge in [-0.1, -0.05) is 12.1 Å². The Balaban J connectivity index is 1.33. The Bertz CT molecular complexity index is 712. The van der Waals surface area contributed by atoms with Crippen LogP contribution in [0.3, 0.4) is 0 Å². The summed E-state index contributed by atoms with van der Waals surface area (Å²) in [5.41, 5.74) is 2.89. The van der Waals surface area contributed by atoms with Gasteiger partial charge >= 0.3 is 0 Å². The van der Waals surface area contributed by atoms with E-state index in [2.05, 4.69) is 15.5 Å². The molecular weight excluding hydrogens is 298 g/mol. The zero-order chi connectivity index (χ0) is 16.1. The topological polar surface area (TPSA) is 57.8 Å². The summed E-state index contributed by atoms with van der Waals surface area (Å²) in [4.78, 5) is 13.1. The molecule has 0 saturated heterocycles. The quantitative estimate of drug-likeness (QED) is 0.888. The highest BCUT2D eigenvalue weighted by Gasteiger charge is 2.54. The summed E-state index contributed by atoms with van der Waals surface area (Å²) >= 11 is 0. The number of nitrogens with zero attached hydrogens (tertiary/aromatic N) is 1. The van der Waals surface area contributed by atoms with Crippen molar-refractivity contribution in [3.8, 4) is 11.3 Å². The van der Waals surface area contributed by atoms with Gasteiger partial charge in [-0.2, -0.15) is 5.10 Å². The maximum atomic E-state index is 13.1. The lowest BCUT2D eigenvalue weighted by Crippen LogP contribution is -2.51. The van der Waals surface area contributed by atoms with E-state index < -0.39 is 0 Å². The Morgan fingerprint density at radius 2 is 1.62 bits per heavy atom. The Morgan fingerprint density at radius 1 is 1.00 bits per heavy atom. The van der Waals surface area contributed by atoms with E-state index in [0.717, 1.165) is 54.0 Å². The molecular formula is C20H23N3O. The summed E-state index contributed by atoms with van der Waals surface area (Å²) in [5.74, 6) is 2.65. The van der Waals surface area contributed by atoms with Crippen molar-refractivity contribution in [2.45, 2.75) is 38.5 Å². The molecule has 2 N–H and O–H groups in total. The SMILES string of the molecule is O=C(Nc1ccc(-c2ccn[nH]2)cc1)C12CC3CC(CC(C3)C1)C2. The summed E-state index contributed by atoms with van der Waals surface area (Å²) in [6.45, 7) is 0. The third-order valence-electron chi connectivity index (χ3n) is 6.47. The fraction of sp³-hybridized carbons (Fsp3) is 0.500. The van der Waals surface area contributed by atoms with E-state index >= 15 is 0 Å². The number of aromatic nitrogens is 2. The van der Waals surface area contributed by atoms with Crippen molar-refractivity contribution < 1.29 is 4.79 Å². The van der Waals surface area contributed by atoms with Gasteiger partial charge in [0.2, 0.25) is 5.91 Å². The number of carbonyl (C=O) groups is 1. The lowest BCUT2D eigenvalue weighted by molar-refractivity contribution is -0.140. The number of rotatable bonds is 3. The van der Waals surface area contributed by atoms with E-state index in [1.807, 2.05) is 30.3 Å². The van der Waals surface area contributed by atoms with Gasteiger partial charge < -0.3 is 5.32 Å². The number of carbonyl (C=O) groups excluding carboxylic acids is 1. The summed E-state index contributed by atoms with van der Waals surface area (Å²) < 4.78 is 0. The maximum Gasteiger partial charge on any atom is 0.230 e. The number of anilines is 1. The molecule has 4 heteroatoms. The van der Waals surface area contributed by atoms with Gasteiger partial charge in [0.25, 0.3) is 0 Å². The standard InChI is InChI=1S/C20H23N3O/c24-19(20-10-13-7-14(11-20)9-15(8-13)12-20)22-17-3-1-16(2-4-17)18-5-6-21-23-18/h1-6,13-15H,7-12H2,(H,21,23)(H,22,24). The van der Waals surface area contributed by atoms with Crippen molar-refractivity contribution in [1.29, 1.82) is 0 Å². The van der Waals surface area contributed by atoms with Crippen LogP contribution in [0.4, 0.5) is 5.69 Å². The summed E-state index contributed by atoms with van der Waals surface area (Å²) in [5, 5.41) is 10.2. The second-order valence-electron chi connectivity index (χ2n) is 8.20. The fourth-order valence-corrected chi connectivity index (χ4v) is 5.80. The van der Waals surface area contributed by atoms with Crippen molar-refractivity contribution >= 4 is 11.6 Å². The van der Waals surface area contributed by atoms with Crippen LogP contribution in [0, 0.1) is 23.2 Å². The van der Waals surface area contributed by atoms with Crippen LogP contribution in [-0.4, -0.2) is 16.1 Å². The highest BCUT2D eigenvalue weighted by atomic mass is 16.2. The highest BCUT2D eigenvalue weighted by molar-refractivity contribution is 5.95. The Hall–Kier alpha value is -2.10. The van der Waals surface area contributed by atoms with Gasteiger partial charge in [-0.3, -0.25) is 9.89 Å². The molecule has 6 rings (SSSR count). The average molecular weight is 321 g/mol. The van der Waals surface area contributed by atoms with E-state index in [4.69, 9.17) is 0 Å². The molecule has 4 aliphatic rings. The zero-order valence-electron chi connectivity index (χ0n) is 13.8. The zero-order valence-corrected chi connectivity index (χ0v) is 13.8. The molecule has 4 bridgehead atoms. The van der Waals surface area contributed by atoms with E-state index in [-0.39, 0.29) is 11.3 Å². The van der Waals surface area contributed by atoms with Crippen LogP contribution in [0.1, 0.15) is 38.5 Å². The van der Waals surface area contributed by atoms with Crippen LogP contribution in [0.25, 0.3) is 11.3 Å². The smallest absolute Gasteiger partial charge is 0.230 e. The Morgan fingerprint density at radius 3 is 2.17 bits per heavy atom. The molecule has 2 aromatic rings. The van der Waals surface area contributed by atoms with Crippen molar-refractivity contribution in [2.75, 3.05) is 5.32 Å². The van der Waals surface area contributed by atoms with Crippen LogP contribution in [0.2, 0.25) is 0 Å². The molecule has 1 amide bonds. The van der Waals surface area contributed by atoms with Crippen molar-refractivity contribution in [2.24, 2.45) is 23.2 Å². The number of hydrogen-bond donors (Lipinski definition) is 2. The van der Waals surface area contributed by atoms with E-state index in [9.17, 15) is 4.79 Å². The normalized spacial score (nSPS) is 33.6. The van der Waals surface area contributed by atoms with Gasteiger partial charge in [-0.25, -0.2) is 0 Å². The molecule has 1 heterocycles. The Labute approximate surface area is 142 Å². The molecule has 0 aliphatic heterocycles. The minimum atomic E-state index is -0.0865. The number of amides is 1. The first kappa shape index (κ1) is 14.3. The molecule has 124 valence electrons. The van der Waals surface area contributed by atoms with Crippen LogP contribution in [-0.2, 0) is 4.79 Å². The van der Waals surface area contributed by atoms with Gasteiger partial charge in [0.05, 0.1) is 11.1 Å². The number of aromatic amines is 1. The van der Waals surface area contributed by atoms with E-state index in [1.54, 1.807) is 6.20 Å². The average Bonchev–Trinajstić information content (AvgIpc) is 3.09. The molecule has 0 spiro atoms. The molecule has 0 radical (unpaired) electrons. The number of nitrogens with one attached hydrogen (secondary N) is 2. The summed E-state index contributed by atoms with van der Waals surface area (Å²) in [6, 6.07) is 10.00. The van der Waals surface area contributed by atoms with Gasteiger partial charge in [0.15, 0.2) is 0 Å². The van der Waals surface area contributed by atoms with E-state index in [0.29, 0.717) is 0 Å². The number of benzene rings is 1. The fourth-order valence-electron chi connectivity index (χ4n) is 5.80. The summed E-state index contributed by atoms with van der Waals surface area (Å²) in [6.07, 6.45) is 9.17. The lowest BCUT2D eigenvalue weighted by Gasteiger charge is -2.55. The first-order chi connectivity index (χ1) is 11.7. The van der Waals surface area contributed by atoms with Crippen molar-refractivity contribution in [3.05, 3.63) is 36.5 Å². The number of H-pyrrole nitrogens is 1. The molecule has 4 aliphatic carbocycles. The van der Waals surface area contributed by atoms with Crippen LogP contribution < -0.4 is 5.32 Å². The maximum absolute atomic E-state index is 13.1. The van der Waals surface area contributed by atoms with Crippen molar-refractivity contribution in [1.82, 2.24) is 10.2 Å². The molecule has 4 saturated carbocycles. The third-order valence-corrected chi connectivity index (χ3v) is 6.47. The minimum Gasteiger partial charge on any atom is -0.326 e. The van der Waals surface area contributed by atoms with Gasteiger partial charge in [0, 0.05) is 11.9 Å². The summed E-state index contributed by atoms with van der Waals surface area (Å²) in [7, 11) is 0. The molecule has 4 fully saturated rings. The minimum absolute atomic E-state index is 0.0865. The third kappa shape index (κ3) is 2.27. The molecule has 1 aromatic carbocycles. The molecule has 0 atom stereocenters. The van der Waals surface area contributed by atoms with Crippen molar-refractivity contribution in [3.63, 3.8) is 0 Å². The monoisotopic (exact) mass is 321 g/mol. The second-order valence-corrected chi connectivity index (χ2v) is 8.20. The first-order valence-corrected chi connectivity index (χ1v) is 9.11. The first-order valence-electron chi connectivity index (χ1n) is 9.11. The van der Waals surface area contributed by atoms with Gasteiger partial charge in [-0.05, 0) is 80.0 Å². The predicted molar refractivity (Wildman–Crippen MR) is 93.3 cm³/mol. The number of hydrogen-bond acceptors (Lipinski definition) is 2. The second kappa shape index (κ2) is 5.20. The van der Waals surface area contributed by atoms with Crippen LogP contribution in [0.5, 0.6) is 0 Å². The lowest BCUT2D eigenvalue weighted by atomic mass is 9.49. The largest absolute Gasteiger partial charge is 0.326 e. The molecule has 0 unspecified atom stereocenters. The molecule has 4 nitrogen and oxygen atoms in total. The predicted octanol–water partition coefficient (Wildman–Crippen LogP) is 4.23.